The summed E-state index contributed by atoms with van der Waals surface area (Å²) in [6.45, 7) is 6.56. The van der Waals surface area contributed by atoms with Crippen LogP contribution in [0.5, 0.6) is 0 Å². The summed E-state index contributed by atoms with van der Waals surface area (Å²) in [4.78, 5) is 20.1. The van der Waals surface area contributed by atoms with Gasteiger partial charge in [-0.3, -0.25) is 9.69 Å². The largest absolute Gasteiger partial charge is 0.352 e. The maximum atomic E-state index is 13.0. The molecule has 1 aliphatic heterocycles. The number of nitrogens with zero attached hydrogens (tertiary/aromatic N) is 2. The van der Waals surface area contributed by atoms with Gasteiger partial charge in [0.25, 0.3) is 0 Å². The van der Waals surface area contributed by atoms with Gasteiger partial charge in [-0.05, 0) is 50.9 Å². The lowest BCUT2D eigenvalue weighted by atomic mass is 10.0. The van der Waals surface area contributed by atoms with Crippen LogP contribution in [0, 0.1) is 19.7 Å². The van der Waals surface area contributed by atoms with Crippen LogP contribution in [0.3, 0.4) is 0 Å². The lowest BCUT2D eigenvalue weighted by Crippen LogP contribution is -2.47. The van der Waals surface area contributed by atoms with Crippen LogP contribution in [0.1, 0.15) is 34.0 Å². The van der Waals surface area contributed by atoms with Gasteiger partial charge in [-0.25, -0.2) is 9.37 Å². The summed E-state index contributed by atoms with van der Waals surface area (Å²) in [7, 11) is 0. The minimum atomic E-state index is -0.207. The molecule has 1 atom stereocenters. The minimum absolute atomic E-state index is 0.0698. The van der Waals surface area contributed by atoms with E-state index < -0.39 is 0 Å². The zero-order valence-corrected chi connectivity index (χ0v) is 15.5. The number of thiazole rings is 1. The second-order valence-corrected chi connectivity index (χ2v) is 7.97. The second-order valence-electron chi connectivity index (χ2n) is 6.69. The molecule has 1 N–H and O–H groups in total. The van der Waals surface area contributed by atoms with Gasteiger partial charge < -0.3 is 5.32 Å². The summed E-state index contributed by atoms with van der Waals surface area (Å²) < 4.78 is 13.0. The molecule has 0 unspecified atom stereocenters. The van der Waals surface area contributed by atoms with Crippen LogP contribution in [-0.4, -0.2) is 34.9 Å². The summed E-state index contributed by atoms with van der Waals surface area (Å²) >= 11 is 1.60. The van der Waals surface area contributed by atoms with E-state index in [1.54, 1.807) is 11.3 Å². The van der Waals surface area contributed by atoms with Crippen molar-refractivity contribution in [1.29, 1.82) is 0 Å². The third-order valence-corrected chi connectivity index (χ3v) is 5.58. The van der Waals surface area contributed by atoms with Crippen molar-refractivity contribution in [2.75, 3.05) is 13.1 Å². The van der Waals surface area contributed by atoms with Gasteiger partial charge in [0.2, 0.25) is 5.91 Å². The highest BCUT2D eigenvalue weighted by Crippen LogP contribution is 2.18. The van der Waals surface area contributed by atoms with Crippen molar-refractivity contribution in [2.45, 2.75) is 45.7 Å². The van der Waals surface area contributed by atoms with Gasteiger partial charge in [0, 0.05) is 24.0 Å². The molecule has 0 radical (unpaired) electrons. The van der Waals surface area contributed by atoms with Crippen LogP contribution >= 0.6 is 11.3 Å². The summed E-state index contributed by atoms with van der Waals surface area (Å²) in [6, 6.07) is 6.82. The molecule has 2 aromatic rings. The van der Waals surface area contributed by atoms with E-state index in [-0.39, 0.29) is 17.8 Å². The molecule has 1 saturated heterocycles. The van der Waals surface area contributed by atoms with Gasteiger partial charge in [-0.1, -0.05) is 12.1 Å². The Morgan fingerprint density at radius 2 is 2.12 bits per heavy atom. The molecule has 2 heterocycles. The Hall–Kier alpha value is -1.79. The molecule has 6 heteroatoms. The van der Waals surface area contributed by atoms with Gasteiger partial charge in [-0.2, -0.15) is 0 Å². The summed E-state index contributed by atoms with van der Waals surface area (Å²) in [5.74, 6) is -0.137. The summed E-state index contributed by atoms with van der Waals surface area (Å²) in [5, 5.41) is 4.17. The van der Waals surface area contributed by atoms with Crippen LogP contribution in [0.4, 0.5) is 4.39 Å². The maximum Gasteiger partial charge on any atom is 0.225 e. The fourth-order valence-corrected chi connectivity index (χ4v) is 4.26. The van der Waals surface area contributed by atoms with Crippen LogP contribution in [0.25, 0.3) is 0 Å². The molecule has 0 saturated carbocycles. The summed E-state index contributed by atoms with van der Waals surface area (Å²) in [5.41, 5.74) is 2.06. The van der Waals surface area contributed by atoms with Gasteiger partial charge >= 0.3 is 0 Å². The number of rotatable bonds is 5. The predicted molar refractivity (Wildman–Crippen MR) is 98.1 cm³/mol. The van der Waals surface area contributed by atoms with Crippen LogP contribution < -0.4 is 5.32 Å². The number of amides is 1. The van der Waals surface area contributed by atoms with E-state index in [1.165, 1.54) is 12.1 Å². The number of halogens is 1. The SMILES string of the molecule is Cc1nc(C)c(CC(=O)N[C@H]2CCCN(Cc3ccc(F)cc3)C2)s1. The molecule has 4 nitrogen and oxygen atoms in total. The highest BCUT2D eigenvalue weighted by Gasteiger charge is 2.22. The first-order valence-electron chi connectivity index (χ1n) is 8.68. The highest BCUT2D eigenvalue weighted by atomic mass is 32.1. The Morgan fingerprint density at radius 1 is 1.36 bits per heavy atom. The van der Waals surface area contributed by atoms with Gasteiger partial charge in [0.15, 0.2) is 0 Å². The standard InChI is InChI=1S/C19H24FN3OS/c1-13-18(25-14(2)21-13)10-19(24)22-17-4-3-9-23(12-17)11-15-5-7-16(20)8-6-15/h5-8,17H,3-4,9-12H2,1-2H3,(H,22,24)/t17-/m0/s1. The topological polar surface area (TPSA) is 45.2 Å². The van der Waals surface area contributed by atoms with E-state index in [1.807, 2.05) is 26.0 Å². The molecule has 1 aromatic heterocycles. The monoisotopic (exact) mass is 361 g/mol. The van der Waals surface area contributed by atoms with E-state index in [9.17, 15) is 9.18 Å². The van der Waals surface area contributed by atoms with Crippen LogP contribution in [-0.2, 0) is 17.8 Å². The summed E-state index contributed by atoms with van der Waals surface area (Å²) in [6.07, 6.45) is 2.48. The molecule has 3 rings (SSSR count). The lowest BCUT2D eigenvalue weighted by Gasteiger charge is -2.33. The molecule has 0 aliphatic carbocycles. The maximum absolute atomic E-state index is 13.0. The number of carbonyl (C=O) groups is 1. The number of benzene rings is 1. The lowest BCUT2D eigenvalue weighted by molar-refractivity contribution is -0.121. The minimum Gasteiger partial charge on any atom is -0.352 e. The van der Waals surface area contributed by atoms with E-state index in [0.29, 0.717) is 6.42 Å². The number of likely N-dealkylation sites (tertiary alicyclic amines) is 1. The number of hydrogen-bond donors (Lipinski definition) is 1. The number of aromatic nitrogens is 1. The molecular weight excluding hydrogens is 337 g/mol. The third-order valence-electron chi connectivity index (χ3n) is 4.51. The van der Waals surface area contributed by atoms with Crippen molar-refractivity contribution in [1.82, 2.24) is 15.2 Å². The first kappa shape index (κ1) is 18.0. The molecule has 1 aliphatic rings. The van der Waals surface area contributed by atoms with Crippen molar-refractivity contribution in [2.24, 2.45) is 0 Å². The van der Waals surface area contributed by atoms with Crippen molar-refractivity contribution in [3.8, 4) is 0 Å². The Labute approximate surface area is 152 Å². The van der Waals surface area contributed by atoms with E-state index in [2.05, 4.69) is 15.2 Å². The van der Waals surface area contributed by atoms with Gasteiger partial charge in [-0.15, -0.1) is 11.3 Å². The first-order valence-corrected chi connectivity index (χ1v) is 9.50. The van der Waals surface area contributed by atoms with Crippen molar-refractivity contribution >= 4 is 17.2 Å². The first-order chi connectivity index (χ1) is 12.0. The van der Waals surface area contributed by atoms with Gasteiger partial charge in [0.05, 0.1) is 17.1 Å². The molecule has 134 valence electrons. The molecule has 0 spiro atoms. The molecule has 25 heavy (non-hydrogen) atoms. The zero-order chi connectivity index (χ0) is 17.8. The Morgan fingerprint density at radius 3 is 2.80 bits per heavy atom. The van der Waals surface area contributed by atoms with E-state index >= 15 is 0 Å². The average molecular weight is 361 g/mol. The Bertz CT molecular complexity index is 729. The molecule has 1 fully saturated rings. The predicted octanol–water partition coefficient (Wildman–Crippen LogP) is 3.22. The zero-order valence-electron chi connectivity index (χ0n) is 14.7. The highest BCUT2D eigenvalue weighted by molar-refractivity contribution is 7.11. The van der Waals surface area contributed by atoms with Crippen molar-refractivity contribution < 1.29 is 9.18 Å². The third kappa shape index (κ3) is 5.09. The number of carbonyl (C=O) groups excluding carboxylic acids is 1. The fourth-order valence-electron chi connectivity index (χ4n) is 3.33. The van der Waals surface area contributed by atoms with Crippen LogP contribution in [0.2, 0.25) is 0 Å². The number of aryl methyl sites for hydroxylation is 2. The number of hydrogen-bond acceptors (Lipinski definition) is 4. The molecule has 0 bridgehead atoms. The Kier molecular flexibility index (Phi) is 5.81. The van der Waals surface area contributed by atoms with E-state index in [4.69, 9.17) is 0 Å². The Balaban J connectivity index is 1.51. The molecule has 1 aromatic carbocycles. The smallest absolute Gasteiger partial charge is 0.225 e. The molecular formula is C19H24FN3OS. The van der Waals surface area contributed by atoms with Gasteiger partial charge in [0.1, 0.15) is 5.82 Å². The average Bonchev–Trinajstić information content (AvgIpc) is 2.87. The normalized spacial score (nSPS) is 18.3. The fraction of sp³-hybridized carbons (Fsp3) is 0.474. The van der Waals surface area contributed by atoms with Crippen LogP contribution in [0.15, 0.2) is 24.3 Å². The molecule has 1 amide bonds. The van der Waals surface area contributed by atoms with E-state index in [0.717, 1.165) is 53.6 Å². The second kappa shape index (κ2) is 8.06. The van der Waals surface area contributed by atoms with Crippen molar-refractivity contribution in [3.05, 3.63) is 51.2 Å². The van der Waals surface area contributed by atoms with Crippen molar-refractivity contribution in [3.63, 3.8) is 0 Å². The quantitative estimate of drug-likeness (QED) is 0.889. The number of nitrogens with one attached hydrogen (secondary N) is 1. The number of piperidine rings is 1.